The van der Waals surface area contributed by atoms with Crippen LogP contribution in [0.5, 0.6) is 5.75 Å². The molecule has 0 spiro atoms. The van der Waals surface area contributed by atoms with Crippen molar-refractivity contribution in [1.29, 1.82) is 0 Å². The molecule has 2 rings (SSSR count). The van der Waals surface area contributed by atoms with Crippen molar-refractivity contribution >= 4 is 17.6 Å². The lowest BCUT2D eigenvalue weighted by molar-refractivity contribution is -0.153. The third-order valence-electron chi connectivity index (χ3n) is 4.37. The Morgan fingerprint density at radius 3 is 1.96 bits per heavy atom. The second kappa shape index (κ2) is 9.93. The number of amides is 1. The van der Waals surface area contributed by atoms with Crippen LogP contribution in [0.3, 0.4) is 0 Å². The molecule has 0 saturated carbocycles. The smallest absolute Gasteiger partial charge is 0.347 e. The summed E-state index contributed by atoms with van der Waals surface area (Å²) in [6, 6.07) is 15.0. The van der Waals surface area contributed by atoms with Gasteiger partial charge in [0.1, 0.15) is 5.75 Å². The van der Waals surface area contributed by atoms with Crippen LogP contribution in [0.1, 0.15) is 57.6 Å². The summed E-state index contributed by atoms with van der Waals surface area (Å²) in [6.45, 7) is 9.56. The van der Waals surface area contributed by atoms with Crippen molar-refractivity contribution in [2.45, 2.75) is 52.6 Å². The van der Waals surface area contributed by atoms with Crippen LogP contribution in [-0.4, -0.2) is 24.6 Å². The molecule has 1 unspecified atom stereocenters. The van der Waals surface area contributed by atoms with Gasteiger partial charge in [0, 0.05) is 5.69 Å². The molecule has 0 radical (unpaired) electrons. The lowest BCUT2D eigenvalue weighted by Gasteiger charge is -2.20. The Morgan fingerprint density at radius 1 is 0.857 bits per heavy atom. The van der Waals surface area contributed by atoms with Gasteiger partial charge in [-0.1, -0.05) is 64.1 Å². The first-order valence-electron chi connectivity index (χ1n) is 9.60. The number of nitrogens with one attached hydrogen (secondary N) is 1. The van der Waals surface area contributed by atoms with Crippen molar-refractivity contribution in [1.82, 2.24) is 0 Å². The van der Waals surface area contributed by atoms with E-state index in [1.165, 1.54) is 0 Å². The van der Waals surface area contributed by atoms with Gasteiger partial charge in [-0.2, -0.15) is 0 Å². The molecule has 28 heavy (non-hydrogen) atoms. The van der Waals surface area contributed by atoms with Crippen molar-refractivity contribution in [3.8, 4) is 5.75 Å². The standard InChI is InChI=1S/C23H29NO4/c1-15(2)19-12-9-13-20(16(3)4)22(19)24-21(25)14-27-23(26)17(5)28-18-10-7-6-8-11-18/h6-13,15-17H,14H2,1-5H3,(H,24,25). The van der Waals surface area contributed by atoms with Gasteiger partial charge in [0.05, 0.1) is 0 Å². The van der Waals surface area contributed by atoms with Crippen LogP contribution < -0.4 is 10.1 Å². The molecule has 5 nitrogen and oxygen atoms in total. The average Bonchev–Trinajstić information content (AvgIpc) is 2.66. The highest BCUT2D eigenvalue weighted by Gasteiger charge is 2.20. The first-order chi connectivity index (χ1) is 13.3. The third-order valence-corrected chi connectivity index (χ3v) is 4.37. The topological polar surface area (TPSA) is 64.6 Å². The van der Waals surface area contributed by atoms with E-state index in [2.05, 4.69) is 33.0 Å². The number of para-hydroxylation sites is 2. The molecule has 2 aromatic rings. The molecule has 0 heterocycles. The molecule has 0 aliphatic heterocycles. The van der Waals surface area contributed by atoms with Gasteiger partial charge >= 0.3 is 5.97 Å². The number of esters is 1. The van der Waals surface area contributed by atoms with Gasteiger partial charge in [-0.05, 0) is 42.0 Å². The molecule has 0 bridgehead atoms. The van der Waals surface area contributed by atoms with Crippen LogP contribution in [0.2, 0.25) is 0 Å². The van der Waals surface area contributed by atoms with Crippen LogP contribution in [-0.2, 0) is 14.3 Å². The van der Waals surface area contributed by atoms with E-state index in [9.17, 15) is 9.59 Å². The van der Waals surface area contributed by atoms with E-state index < -0.39 is 12.1 Å². The average molecular weight is 383 g/mol. The van der Waals surface area contributed by atoms with Gasteiger partial charge in [-0.15, -0.1) is 0 Å². The second-order valence-corrected chi connectivity index (χ2v) is 7.35. The number of anilines is 1. The predicted octanol–water partition coefficient (Wildman–Crippen LogP) is 4.88. The van der Waals surface area contributed by atoms with Crippen LogP contribution in [0, 0.1) is 0 Å². The second-order valence-electron chi connectivity index (χ2n) is 7.35. The Bertz CT molecular complexity index is 773. The maximum atomic E-state index is 12.4. The molecule has 5 heteroatoms. The molecule has 0 fully saturated rings. The summed E-state index contributed by atoms with van der Waals surface area (Å²) in [5, 5.41) is 2.93. The number of rotatable bonds is 8. The van der Waals surface area contributed by atoms with E-state index in [1.54, 1.807) is 19.1 Å². The number of benzene rings is 2. The predicted molar refractivity (Wildman–Crippen MR) is 111 cm³/mol. The summed E-state index contributed by atoms with van der Waals surface area (Å²) in [7, 11) is 0. The molecule has 1 amide bonds. The Balaban J connectivity index is 1.98. The summed E-state index contributed by atoms with van der Waals surface area (Å²) in [5.41, 5.74) is 2.93. The van der Waals surface area contributed by atoms with Gasteiger partial charge in [-0.3, -0.25) is 4.79 Å². The molecular formula is C23H29NO4. The normalized spacial score (nSPS) is 12.0. The van der Waals surface area contributed by atoms with E-state index in [-0.39, 0.29) is 24.3 Å². The van der Waals surface area contributed by atoms with Gasteiger partial charge in [0.25, 0.3) is 5.91 Å². The zero-order valence-electron chi connectivity index (χ0n) is 17.2. The maximum absolute atomic E-state index is 12.4. The largest absolute Gasteiger partial charge is 0.479 e. The van der Waals surface area contributed by atoms with E-state index >= 15 is 0 Å². The van der Waals surface area contributed by atoms with Crippen molar-refractivity contribution in [2.75, 3.05) is 11.9 Å². The molecule has 0 aliphatic rings. The highest BCUT2D eigenvalue weighted by atomic mass is 16.6. The van der Waals surface area contributed by atoms with Crippen LogP contribution in [0.4, 0.5) is 5.69 Å². The van der Waals surface area contributed by atoms with E-state index in [1.807, 2.05) is 36.4 Å². The van der Waals surface area contributed by atoms with Gasteiger partial charge < -0.3 is 14.8 Å². The van der Waals surface area contributed by atoms with Crippen molar-refractivity contribution in [2.24, 2.45) is 0 Å². The summed E-state index contributed by atoms with van der Waals surface area (Å²) in [4.78, 5) is 24.5. The van der Waals surface area contributed by atoms with Crippen LogP contribution in [0.15, 0.2) is 48.5 Å². The molecule has 0 aromatic heterocycles. The van der Waals surface area contributed by atoms with Crippen molar-refractivity contribution < 1.29 is 19.1 Å². The number of carbonyl (C=O) groups is 2. The quantitative estimate of drug-likeness (QED) is 0.660. The minimum absolute atomic E-state index is 0.260. The summed E-state index contributed by atoms with van der Waals surface area (Å²) < 4.78 is 10.7. The van der Waals surface area contributed by atoms with Crippen LogP contribution in [0.25, 0.3) is 0 Å². The Labute approximate surface area is 167 Å². The Hall–Kier alpha value is -2.82. The van der Waals surface area contributed by atoms with Crippen molar-refractivity contribution in [3.05, 3.63) is 59.7 Å². The Morgan fingerprint density at radius 2 is 1.43 bits per heavy atom. The van der Waals surface area contributed by atoms with Crippen LogP contribution >= 0.6 is 0 Å². The molecule has 2 aromatic carbocycles. The van der Waals surface area contributed by atoms with Gasteiger partial charge in [0.2, 0.25) is 0 Å². The summed E-state index contributed by atoms with van der Waals surface area (Å²) >= 11 is 0. The molecular weight excluding hydrogens is 354 g/mol. The van der Waals surface area contributed by atoms with Gasteiger partial charge in [0.15, 0.2) is 12.7 Å². The van der Waals surface area contributed by atoms with Gasteiger partial charge in [-0.25, -0.2) is 4.79 Å². The molecule has 0 aliphatic carbocycles. The maximum Gasteiger partial charge on any atom is 0.347 e. The third kappa shape index (κ3) is 5.84. The molecule has 150 valence electrons. The highest BCUT2D eigenvalue weighted by molar-refractivity contribution is 5.94. The summed E-state index contributed by atoms with van der Waals surface area (Å²) in [6.07, 6.45) is -0.802. The number of hydrogen-bond acceptors (Lipinski definition) is 4. The molecule has 0 saturated heterocycles. The fraction of sp³-hybridized carbons (Fsp3) is 0.391. The highest BCUT2D eigenvalue weighted by Crippen LogP contribution is 2.32. The first-order valence-corrected chi connectivity index (χ1v) is 9.60. The summed E-state index contributed by atoms with van der Waals surface area (Å²) in [5.74, 6) is 0.144. The molecule has 1 N–H and O–H groups in total. The Kier molecular flexibility index (Phi) is 7.61. The monoisotopic (exact) mass is 383 g/mol. The fourth-order valence-corrected chi connectivity index (χ4v) is 2.88. The van der Waals surface area contributed by atoms with E-state index in [0.29, 0.717) is 5.75 Å². The number of carbonyl (C=O) groups excluding carboxylic acids is 2. The number of ether oxygens (including phenoxy) is 2. The number of hydrogen-bond donors (Lipinski definition) is 1. The minimum Gasteiger partial charge on any atom is -0.479 e. The zero-order chi connectivity index (χ0) is 20.7. The minimum atomic E-state index is -0.802. The fourth-order valence-electron chi connectivity index (χ4n) is 2.88. The lowest BCUT2D eigenvalue weighted by Crippen LogP contribution is -2.30. The SMILES string of the molecule is CC(Oc1ccccc1)C(=O)OCC(=O)Nc1c(C(C)C)cccc1C(C)C. The van der Waals surface area contributed by atoms with E-state index in [0.717, 1.165) is 16.8 Å². The van der Waals surface area contributed by atoms with E-state index in [4.69, 9.17) is 9.47 Å². The first kappa shape index (κ1) is 21.5. The van der Waals surface area contributed by atoms with Crippen molar-refractivity contribution in [3.63, 3.8) is 0 Å². The lowest BCUT2D eigenvalue weighted by atomic mass is 9.92. The zero-order valence-corrected chi connectivity index (χ0v) is 17.2. The molecule has 1 atom stereocenters.